The lowest BCUT2D eigenvalue weighted by Gasteiger charge is -2.08. The van der Waals surface area contributed by atoms with Gasteiger partial charge in [-0.1, -0.05) is 24.2 Å². The summed E-state index contributed by atoms with van der Waals surface area (Å²) in [4.78, 5) is 5.78. The number of rotatable bonds is 6. The Hall–Kier alpha value is -3.00. The minimum Gasteiger partial charge on any atom is -0.357 e. The molecule has 6 nitrogen and oxygen atoms in total. The number of aryl methyl sites for hydroxylation is 1. The molecular weight excluding hydrogens is 399 g/mol. The van der Waals surface area contributed by atoms with Gasteiger partial charge in [0.25, 0.3) is 0 Å². The van der Waals surface area contributed by atoms with Crippen molar-refractivity contribution in [3.63, 3.8) is 0 Å². The van der Waals surface area contributed by atoms with Crippen LogP contribution >= 0.6 is 11.3 Å². The summed E-state index contributed by atoms with van der Waals surface area (Å²) in [6.45, 7) is 2.60. The predicted octanol–water partition coefficient (Wildman–Crippen LogP) is 5.57. The predicted molar refractivity (Wildman–Crippen MR) is 117 cm³/mol. The third kappa shape index (κ3) is 3.75. The topological polar surface area (TPSA) is 71.4 Å². The molecule has 0 radical (unpaired) electrons. The van der Waals surface area contributed by atoms with E-state index in [-0.39, 0.29) is 5.82 Å². The Bertz CT molecular complexity index is 1140. The second-order valence-corrected chi connectivity index (χ2v) is 8.68. The molecule has 0 bridgehead atoms. The summed E-state index contributed by atoms with van der Waals surface area (Å²) in [6.07, 6.45) is 8.91. The van der Waals surface area contributed by atoms with E-state index < -0.39 is 0 Å². The first-order valence-electron chi connectivity index (χ1n) is 10.2. The lowest BCUT2D eigenvalue weighted by Crippen LogP contribution is -2.04. The van der Waals surface area contributed by atoms with Crippen LogP contribution in [0.3, 0.4) is 0 Å². The third-order valence-electron chi connectivity index (χ3n) is 5.62. The Labute approximate surface area is 178 Å². The molecule has 30 heavy (non-hydrogen) atoms. The van der Waals surface area contributed by atoms with Gasteiger partial charge in [0.1, 0.15) is 11.5 Å². The standard InChI is InChI=1S/C22H23FN6S/c1-14-21(19-10-11-29(28-19)18-4-2-3-5-18)30-22(26-14)24-12-16-13-25-27-20(16)15-6-8-17(23)9-7-15/h6-11,13,18H,2-5,12H2,1H3,(H,24,26)(H,25,27). The highest BCUT2D eigenvalue weighted by Gasteiger charge is 2.19. The van der Waals surface area contributed by atoms with E-state index in [1.54, 1.807) is 29.7 Å². The number of nitrogens with one attached hydrogen (secondary N) is 2. The summed E-state index contributed by atoms with van der Waals surface area (Å²) in [7, 11) is 0. The zero-order chi connectivity index (χ0) is 20.5. The van der Waals surface area contributed by atoms with Crippen LogP contribution < -0.4 is 5.32 Å². The molecule has 1 aliphatic carbocycles. The molecule has 1 saturated carbocycles. The Morgan fingerprint density at radius 2 is 2.00 bits per heavy atom. The van der Waals surface area contributed by atoms with E-state index in [2.05, 4.69) is 37.4 Å². The van der Waals surface area contributed by atoms with Gasteiger partial charge in [0.15, 0.2) is 5.13 Å². The van der Waals surface area contributed by atoms with E-state index in [4.69, 9.17) is 5.10 Å². The van der Waals surface area contributed by atoms with Gasteiger partial charge in [-0.05, 0) is 50.1 Å². The molecule has 2 N–H and O–H groups in total. The molecule has 0 unspecified atom stereocenters. The van der Waals surface area contributed by atoms with Crippen LogP contribution in [0.4, 0.5) is 9.52 Å². The van der Waals surface area contributed by atoms with E-state index in [1.165, 1.54) is 37.8 Å². The van der Waals surface area contributed by atoms with Gasteiger partial charge in [0, 0.05) is 23.9 Å². The monoisotopic (exact) mass is 422 g/mol. The summed E-state index contributed by atoms with van der Waals surface area (Å²) >= 11 is 1.62. The molecule has 0 atom stereocenters. The molecule has 8 heteroatoms. The van der Waals surface area contributed by atoms with E-state index in [1.807, 2.05) is 6.92 Å². The van der Waals surface area contributed by atoms with E-state index >= 15 is 0 Å². The van der Waals surface area contributed by atoms with Gasteiger partial charge in [0.2, 0.25) is 0 Å². The second kappa shape index (κ2) is 8.02. The number of aromatic amines is 1. The molecule has 3 aromatic heterocycles. The Kier molecular flexibility index (Phi) is 5.08. The minimum atomic E-state index is -0.251. The van der Waals surface area contributed by atoms with Gasteiger partial charge in [-0.2, -0.15) is 10.2 Å². The number of benzene rings is 1. The van der Waals surface area contributed by atoms with Crippen molar-refractivity contribution in [3.8, 4) is 21.8 Å². The fraction of sp³-hybridized carbons (Fsp3) is 0.318. The number of hydrogen-bond donors (Lipinski definition) is 2. The van der Waals surface area contributed by atoms with Crippen LogP contribution in [0.5, 0.6) is 0 Å². The van der Waals surface area contributed by atoms with Crippen LogP contribution in [0, 0.1) is 12.7 Å². The molecule has 1 aliphatic rings. The summed E-state index contributed by atoms with van der Waals surface area (Å²) < 4.78 is 15.3. The third-order valence-corrected chi connectivity index (χ3v) is 6.75. The molecule has 1 aromatic carbocycles. The molecule has 5 rings (SSSR count). The molecule has 0 spiro atoms. The largest absolute Gasteiger partial charge is 0.357 e. The fourth-order valence-corrected chi connectivity index (χ4v) is 4.95. The Morgan fingerprint density at radius 3 is 2.80 bits per heavy atom. The smallest absolute Gasteiger partial charge is 0.183 e. The van der Waals surface area contributed by atoms with Gasteiger partial charge in [-0.3, -0.25) is 9.78 Å². The lowest BCUT2D eigenvalue weighted by molar-refractivity contribution is 0.468. The maximum atomic E-state index is 13.2. The lowest BCUT2D eigenvalue weighted by atomic mass is 10.1. The second-order valence-electron chi connectivity index (χ2n) is 7.68. The van der Waals surface area contributed by atoms with Gasteiger partial charge < -0.3 is 5.32 Å². The van der Waals surface area contributed by atoms with Crippen molar-refractivity contribution in [3.05, 3.63) is 59.8 Å². The van der Waals surface area contributed by atoms with Gasteiger partial charge in [-0.25, -0.2) is 9.37 Å². The maximum Gasteiger partial charge on any atom is 0.183 e. The zero-order valence-corrected chi connectivity index (χ0v) is 17.5. The van der Waals surface area contributed by atoms with Crippen LogP contribution in [-0.2, 0) is 6.54 Å². The maximum absolute atomic E-state index is 13.2. The quantitative estimate of drug-likeness (QED) is 0.426. The SMILES string of the molecule is Cc1nc(NCc2cn[nH]c2-c2ccc(F)cc2)sc1-c1ccn(C2CCCC2)n1. The number of aromatic nitrogens is 5. The van der Waals surface area contributed by atoms with Crippen LogP contribution in [-0.4, -0.2) is 25.0 Å². The first-order chi connectivity index (χ1) is 14.7. The number of hydrogen-bond acceptors (Lipinski definition) is 5. The highest BCUT2D eigenvalue weighted by Crippen LogP contribution is 2.34. The first kappa shape index (κ1) is 19.0. The van der Waals surface area contributed by atoms with Gasteiger partial charge >= 0.3 is 0 Å². The average molecular weight is 423 g/mol. The van der Waals surface area contributed by atoms with Crippen LogP contribution in [0.15, 0.2) is 42.7 Å². The molecule has 1 fully saturated rings. The average Bonchev–Trinajstić information content (AvgIpc) is 3.52. The molecule has 154 valence electrons. The van der Waals surface area contributed by atoms with Crippen molar-refractivity contribution < 1.29 is 4.39 Å². The zero-order valence-electron chi connectivity index (χ0n) is 16.7. The van der Waals surface area contributed by atoms with E-state index in [0.29, 0.717) is 12.6 Å². The molecule has 0 amide bonds. The van der Waals surface area contributed by atoms with Crippen molar-refractivity contribution in [1.29, 1.82) is 0 Å². The van der Waals surface area contributed by atoms with Crippen molar-refractivity contribution in [1.82, 2.24) is 25.0 Å². The highest BCUT2D eigenvalue weighted by atomic mass is 32.1. The van der Waals surface area contributed by atoms with Crippen molar-refractivity contribution in [2.75, 3.05) is 5.32 Å². The molecule has 0 saturated heterocycles. The normalized spacial score (nSPS) is 14.5. The number of H-pyrrole nitrogens is 1. The molecule has 4 aromatic rings. The van der Waals surface area contributed by atoms with E-state index in [0.717, 1.165) is 38.2 Å². The minimum absolute atomic E-state index is 0.251. The van der Waals surface area contributed by atoms with Crippen LogP contribution in [0.25, 0.3) is 21.8 Å². The van der Waals surface area contributed by atoms with Gasteiger partial charge in [0.05, 0.1) is 28.5 Å². The van der Waals surface area contributed by atoms with Crippen molar-refractivity contribution >= 4 is 16.5 Å². The molecular formula is C22H23FN6S. The first-order valence-corrected chi connectivity index (χ1v) is 11.0. The van der Waals surface area contributed by atoms with Gasteiger partial charge in [-0.15, -0.1) is 0 Å². The number of halogens is 1. The molecule has 0 aliphatic heterocycles. The fourth-order valence-electron chi connectivity index (χ4n) is 4.02. The van der Waals surface area contributed by atoms with Crippen LogP contribution in [0.2, 0.25) is 0 Å². The number of thiazole rings is 1. The summed E-state index contributed by atoms with van der Waals surface area (Å²) in [5, 5.41) is 16.2. The summed E-state index contributed by atoms with van der Waals surface area (Å²) in [5.74, 6) is -0.251. The molecule has 3 heterocycles. The summed E-state index contributed by atoms with van der Waals surface area (Å²) in [6, 6.07) is 9.03. The van der Waals surface area contributed by atoms with Crippen molar-refractivity contribution in [2.45, 2.75) is 45.2 Å². The number of nitrogens with zero attached hydrogens (tertiary/aromatic N) is 4. The highest BCUT2D eigenvalue weighted by molar-refractivity contribution is 7.19. The number of anilines is 1. The summed E-state index contributed by atoms with van der Waals surface area (Å²) in [5.41, 5.74) is 4.75. The van der Waals surface area contributed by atoms with E-state index in [9.17, 15) is 4.39 Å². The Balaban J connectivity index is 1.31. The van der Waals surface area contributed by atoms with Crippen LogP contribution in [0.1, 0.15) is 43.0 Å². The Morgan fingerprint density at radius 1 is 1.20 bits per heavy atom. The van der Waals surface area contributed by atoms with Crippen molar-refractivity contribution in [2.24, 2.45) is 0 Å².